The number of rotatable bonds is 5. The minimum Gasteiger partial charge on any atom is -0.354 e. The average molecular weight is 263 g/mol. The summed E-state index contributed by atoms with van der Waals surface area (Å²) in [4.78, 5) is 11.6. The normalized spacial score (nSPS) is 24.6. The number of nitrogens with one attached hydrogen (secondary N) is 1. The first kappa shape index (κ1) is 13.5. The van der Waals surface area contributed by atoms with Gasteiger partial charge in [-0.2, -0.15) is 11.8 Å². The predicted molar refractivity (Wildman–Crippen MR) is 77.9 cm³/mol. The highest BCUT2D eigenvalue weighted by Gasteiger charge is 2.61. The van der Waals surface area contributed by atoms with E-state index in [-0.39, 0.29) is 16.7 Å². The zero-order valence-corrected chi connectivity index (χ0v) is 12.1. The van der Waals surface area contributed by atoms with Gasteiger partial charge in [0.25, 0.3) is 0 Å². The van der Waals surface area contributed by atoms with Gasteiger partial charge in [0.1, 0.15) is 0 Å². The van der Waals surface area contributed by atoms with Gasteiger partial charge in [-0.25, -0.2) is 0 Å². The van der Waals surface area contributed by atoms with E-state index in [0.29, 0.717) is 5.75 Å². The van der Waals surface area contributed by atoms with Crippen LogP contribution in [-0.2, 0) is 10.2 Å². The molecule has 0 spiro atoms. The highest BCUT2D eigenvalue weighted by Crippen LogP contribution is 2.63. The smallest absolute Gasteiger partial charge is 0.230 e. The molecule has 0 bridgehead atoms. The average Bonchev–Trinajstić information content (AvgIpc) is 2.92. The molecule has 2 rings (SSSR count). The van der Waals surface area contributed by atoms with Crippen LogP contribution in [0, 0.1) is 5.41 Å². The maximum atomic E-state index is 11.6. The van der Waals surface area contributed by atoms with Crippen LogP contribution in [0.15, 0.2) is 30.3 Å². The topological polar surface area (TPSA) is 29.1 Å². The van der Waals surface area contributed by atoms with Crippen molar-refractivity contribution < 1.29 is 4.79 Å². The monoisotopic (exact) mass is 263 g/mol. The van der Waals surface area contributed by atoms with Crippen LogP contribution >= 0.6 is 11.8 Å². The molecule has 1 amide bonds. The third kappa shape index (κ3) is 2.41. The third-order valence-corrected chi connectivity index (χ3v) is 4.65. The van der Waals surface area contributed by atoms with Gasteiger partial charge in [0.15, 0.2) is 0 Å². The van der Waals surface area contributed by atoms with Crippen LogP contribution in [0.4, 0.5) is 0 Å². The second kappa shape index (κ2) is 4.96. The summed E-state index contributed by atoms with van der Waals surface area (Å²) in [7, 11) is 0. The van der Waals surface area contributed by atoms with Crippen molar-refractivity contribution in [2.75, 3.05) is 18.6 Å². The molecule has 0 radical (unpaired) electrons. The van der Waals surface area contributed by atoms with Gasteiger partial charge in [-0.1, -0.05) is 44.2 Å². The Labute approximate surface area is 114 Å². The number of thioether (sulfide) groups is 1. The second-order valence-electron chi connectivity index (χ2n) is 5.72. The number of carbonyl (C=O) groups is 1. The van der Waals surface area contributed by atoms with E-state index in [9.17, 15) is 4.79 Å². The molecule has 2 nitrogen and oxygen atoms in total. The lowest BCUT2D eigenvalue weighted by molar-refractivity contribution is -0.118. The molecule has 1 fully saturated rings. The summed E-state index contributed by atoms with van der Waals surface area (Å²) in [5, 5.41) is 3.08. The van der Waals surface area contributed by atoms with Crippen molar-refractivity contribution >= 4 is 17.7 Å². The first-order valence-corrected chi connectivity index (χ1v) is 7.72. The van der Waals surface area contributed by atoms with E-state index in [4.69, 9.17) is 0 Å². The molecule has 1 N–H and O–H groups in total. The van der Waals surface area contributed by atoms with Crippen LogP contribution in [0.2, 0.25) is 0 Å². The van der Waals surface area contributed by atoms with Gasteiger partial charge in [0.05, 0.1) is 5.75 Å². The minimum absolute atomic E-state index is 0.127. The summed E-state index contributed by atoms with van der Waals surface area (Å²) in [6.07, 6.45) is 3.09. The molecule has 1 aliphatic rings. The van der Waals surface area contributed by atoms with E-state index in [1.54, 1.807) is 11.8 Å². The number of hydrogen-bond acceptors (Lipinski definition) is 2. The van der Waals surface area contributed by atoms with E-state index in [2.05, 4.69) is 43.4 Å². The molecule has 98 valence electrons. The van der Waals surface area contributed by atoms with Gasteiger partial charge in [0.2, 0.25) is 5.91 Å². The molecule has 1 saturated carbocycles. The zero-order chi connectivity index (χ0) is 13.2. The quantitative estimate of drug-likeness (QED) is 0.885. The SMILES string of the molecule is CSCC(=O)NCC1(c2ccccc2)CC1(C)C. The molecular weight excluding hydrogens is 242 g/mol. The van der Waals surface area contributed by atoms with Crippen molar-refractivity contribution in [3.05, 3.63) is 35.9 Å². The molecule has 0 aliphatic heterocycles. The predicted octanol–water partition coefficient (Wildman–Crippen LogP) is 2.83. The summed E-state index contributed by atoms with van der Waals surface area (Å²) in [5.41, 5.74) is 1.75. The van der Waals surface area contributed by atoms with Crippen LogP contribution in [0.1, 0.15) is 25.8 Å². The van der Waals surface area contributed by atoms with Gasteiger partial charge < -0.3 is 5.32 Å². The number of hydrogen-bond donors (Lipinski definition) is 1. The molecule has 1 aromatic carbocycles. The summed E-state index contributed by atoms with van der Waals surface area (Å²) < 4.78 is 0. The fourth-order valence-corrected chi connectivity index (χ4v) is 3.16. The molecular formula is C15H21NOS. The van der Waals surface area contributed by atoms with Crippen molar-refractivity contribution in [3.63, 3.8) is 0 Å². The van der Waals surface area contributed by atoms with E-state index >= 15 is 0 Å². The van der Waals surface area contributed by atoms with Crippen LogP contribution < -0.4 is 5.32 Å². The van der Waals surface area contributed by atoms with Crippen molar-refractivity contribution in [1.82, 2.24) is 5.32 Å². The van der Waals surface area contributed by atoms with Crippen molar-refractivity contribution in [1.29, 1.82) is 0 Å². The van der Waals surface area contributed by atoms with Crippen LogP contribution in [-0.4, -0.2) is 24.5 Å². The highest BCUT2D eigenvalue weighted by atomic mass is 32.2. The molecule has 18 heavy (non-hydrogen) atoms. The van der Waals surface area contributed by atoms with Gasteiger partial charge in [-0.15, -0.1) is 0 Å². The molecule has 0 saturated heterocycles. The Hall–Kier alpha value is -0.960. The summed E-state index contributed by atoms with van der Waals surface area (Å²) in [6.45, 7) is 5.31. The van der Waals surface area contributed by atoms with Crippen molar-refractivity contribution in [2.45, 2.75) is 25.7 Å². The Morgan fingerprint density at radius 2 is 1.94 bits per heavy atom. The molecule has 0 aromatic heterocycles. The lowest BCUT2D eigenvalue weighted by atomic mass is 9.88. The summed E-state index contributed by atoms with van der Waals surface area (Å²) >= 11 is 1.56. The Kier molecular flexibility index (Phi) is 3.71. The highest BCUT2D eigenvalue weighted by molar-refractivity contribution is 7.99. The maximum absolute atomic E-state index is 11.6. The van der Waals surface area contributed by atoms with Crippen molar-refractivity contribution in [3.8, 4) is 0 Å². The summed E-state index contributed by atoms with van der Waals surface area (Å²) in [5.74, 6) is 0.686. The Balaban J connectivity index is 2.09. The molecule has 1 aromatic rings. The van der Waals surface area contributed by atoms with E-state index in [0.717, 1.165) is 13.0 Å². The number of carbonyl (C=O) groups excluding carboxylic acids is 1. The van der Waals surface area contributed by atoms with Crippen molar-refractivity contribution in [2.24, 2.45) is 5.41 Å². The fourth-order valence-electron chi connectivity index (χ4n) is 2.80. The van der Waals surface area contributed by atoms with Crippen LogP contribution in [0.5, 0.6) is 0 Å². The van der Waals surface area contributed by atoms with Crippen LogP contribution in [0.3, 0.4) is 0 Å². The first-order valence-electron chi connectivity index (χ1n) is 6.33. The lowest BCUT2D eigenvalue weighted by Crippen LogP contribution is -2.35. The Morgan fingerprint density at radius 1 is 1.33 bits per heavy atom. The van der Waals surface area contributed by atoms with Gasteiger partial charge >= 0.3 is 0 Å². The summed E-state index contributed by atoms with van der Waals surface area (Å²) in [6, 6.07) is 10.5. The largest absolute Gasteiger partial charge is 0.354 e. The Morgan fingerprint density at radius 3 is 2.44 bits per heavy atom. The Bertz CT molecular complexity index is 429. The van der Waals surface area contributed by atoms with Crippen LogP contribution in [0.25, 0.3) is 0 Å². The zero-order valence-electron chi connectivity index (χ0n) is 11.3. The maximum Gasteiger partial charge on any atom is 0.230 e. The number of amides is 1. The van der Waals surface area contributed by atoms with E-state index < -0.39 is 0 Å². The fraction of sp³-hybridized carbons (Fsp3) is 0.533. The third-order valence-electron chi connectivity index (χ3n) is 4.10. The molecule has 1 aliphatic carbocycles. The lowest BCUT2D eigenvalue weighted by Gasteiger charge is -2.21. The minimum atomic E-state index is 0.127. The standard InChI is InChI=1S/C15H21NOS/c1-14(2)10-15(14,11-16-13(17)9-18-3)12-7-5-4-6-8-12/h4-8H,9-11H2,1-3H3,(H,16,17). The molecule has 1 atom stereocenters. The van der Waals surface area contributed by atoms with Gasteiger partial charge in [-0.3, -0.25) is 4.79 Å². The van der Waals surface area contributed by atoms with E-state index in [1.807, 2.05) is 12.3 Å². The number of benzene rings is 1. The van der Waals surface area contributed by atoms with Gasteiger partial charge in [-0.05, 0) is 23.7 Å². The molecule has 0 heterocycles. The second-order valence-corrected chi connectivity index (χ2v) is 6.58. The first-order chi connectivity index (χ1) is 8.52. The van der Waals surface area contributed by atoms with E-state index in [1.165, 1.54) is 5.56 Å². The van der Waals surface area contributed by atoms with Gasteiger partial charge in [0, 0.05) is 12.0 Å². The molecule has 1 unspecified atom stereocenters. The molecule has 3 heteroatoms.